The Morgan fingerprint density at radius 3 is 2.66 bits per heavy atom. The summed E-state index contributed by atoms with van der Waals surface area (Å²) < 4.78 is 2.03. The molecule has 3 aromatic rings. The molecule has 8 nitrogen and oxygen atoms in total. The highest BCUT2D eigenvalue weighted by Gasteiger charge is 2.27. The van der Waals surface area contributed by atoms with Gasteiger partial charge in [0.1, 0.15) is 5.82 Å². The lowest BCUT2D eigenvalue weighted by atomic mass is 9.95. The van der Waals surface area contributed by atoms with Gasteiger partial charge in [0.2, 0.25) is 5.95 Å². The van der Waals surface area contributed by atoms with Crippen molar-refractivity contribution in [1.82, 2.24) is 24.4 Å². The highest BCUT2D eigenvalue weighted by molar-refractivity contribution is 5.65. The first-order valence-electron chi connectivity index (χ1n) is 11.3. The number of aromatic nitrogens is 4. The molecule has 3 heterocycles. The number of anilines is 2. The average molecular weight is 433 g/mol. The number of nitrogens with one attached hydrogen (secondary N) is 1. The lowest BCUT2D eigenvalue weighted by Crippen LogP contribution is -2.36. The zero-order valence-corrected chi connectivity index (χ0v) is 18.3. The zero-order valence-electron chi connectivity index (χ0n) is 18.3. The van der Waals surface area contributed by atoms with Gasteiger partial charge in [-0.25, -0.2) is 19.7 Å². The standard InChI is InChI=1S/C24H28N6O2/c1-16-25-11-13-30(16)19-8-6-18(7-9-19)26-23-27-21-10-12-29(24(31)32)15-20(21)22(28-23)14-17-4-2-3-5-17/h6-9,11,13,17H,2-5,10,12,14-15H2,1H3,(H,31,32)(H,26,27,28). The fourth-order valence-electron chi connectivity index (χ4n) is 4.84. The molecule has 0 unspecified atom stereocenters. The van der Waals surface area contributed by atoms with Gasteiger partial charge in [0.15, 0.2) is 0 Å². The number of fused-ring (bicyclic) bond motifs is 1. The lowest BCUT2D eigenvalue weighted by Gasteiger charge is -2.28. The molecule has 2 aliphatic rings. The predicted octanol–water partition coefficient (Wildman–Crippen LogP) is 4.48. The number of nitrogens with zero attached hydrogens (tertiary/aromatic N) is 5. The molecule has 5 rings (SSSR count). The van der Waals surface area contributed by atoms with Crippen LogP contribution < -0.4 is 5.32 Å². The SMILES string of the molecule is Cc1nccn1-c1ccc(Nc2nc3c(c(CC4CCCC4)n2)CN(C(=O)O)CC3)cc1. The quantitative estimate of drug-likeness (QED) is 0.617. The van der Waals surface area contributed by atoms with Crippen LogP contribution >= 0.6 is 0 Å². The van der Waals surface area contributed by atoms with Crippen LogP contribution in [0.5, 0.6) is 0 Å². The van der Waals surface area contributed by atoms with Gasteiger partial charge in [-0.2, -0.15) is 0 Å². The monoisotopic (exact) mass is 432 g/mol. The normalized spacial score (nSPS) is 16.2. The Labute approximate surface area is 187 Å². The van der Waals surface area contributed by atoms with Crippen molar-refractivity contribution < 1.29 is 9.90 Å². The van der Waals surface area contributed by atoms with Crippen molar-refractivity contribution >= 4 is 17.7 Å². The number of imidazole rings is 1. The molecule has 1 saturated carbocycles. The van der Waals surface area contributed by atoms with Gasteiger partial charge < -0.3 is 19.9 Å². The van der Waals surface area contributed by atoms with Crippen molar-refractivity contribution in [3.8, 4) is 5.69 Å². The summed E-state index contributed by atoms with van der Waals surface area (Å²) in [5.41, 5.74) is 4.94. The number of benzene rings is 1. The molecule has 0 radical (unpaired) electrons. The second-order valence-corrected chi connectivity index (χ2v) is 8.74. The van der Waals surface area contributed by atoms with Crippen molar-refractivity contribution in [3.05, 3.63) is 59.4 Å². The summed E-state index contributed by atoms with van der Waals surface area (Å²) in [7, 11) is 0. The molecule has 0 atom stereocenters. The Balaban J connectivity index is 1.41. The number of aryl methyl sites for hydroxylation is 1. The van der Waals surface area contributed by atoms with Crippen LogP contribution in [0.2, 0.25) is 0 Å². The van der Waals surface area contributed by atoms with Gasteiger partial charge in [0.05, 0.1) is 17.9 Å². The highest BCUT2D eigenvalue weighted by Crippen LogP contribution is 2.31. The van der Waals surface area contributed by atoms with Crippen molar-refractivity contribution in [1.29, 1.82) is 0 Å². The maximum Gasteiger partial charge on any atom is 0.407 e. The van der Waals surface area contributed by atoms with E-state index in [2.05, 4.69) is 10.3 Å². The predicted molar refractivity (Wildman–Crippen MR) is 121 cm³/mol. The maximum atomic E-state index is 11.5. The Hall–Kier alpha value is -3.42. The summed E-state index contributed by atoms with van der Waals surface area (Å²) in [6.45, 7) is 2.83. The molecule has 32 heavy (non-hydrogen) atoms. The van der Waals surface area contributed by atoms with Gasteiger partial charge in [0.25, 0.3) is 0 Å². The third-order valence-electron chi connectivity index (χ3n) is 6.60. The molecule has 2 aromatic heterocycles. The third-order valence-corrected chi connectivity index (χ3v) is 6.60. The summed E-state index contributed by atoms with van der Waals surface area (Å²) in [5, 5.41) is 12.8. The van der Waals surface area contributed by atoms with Crippen LogP contribution in [-0.4, -0.2) is 42.2 Å². The Bertz CT molecular complexity index is 1120. The molecule has 2 N–H and O–H groups in total. The molecule has 1 amide bonds. The summed E-state index contributed by atoms with van der Waals surface area (Å²) in [5.74, 6) is 2.16. The third kappa shape index (κ3) is 4.17. The van der Waals surface area contributed by atoms with E-state index in [1.165, 1.54) is 30.6 Å². The van der Waals surface area contributed by atoms with E-state index in [0.29, 0.717) is 31.4 Å². The number of hydrogen-bond donors (Lipinski definition) is 2. The van der Waals surface area contributed by atoms with Crippen LogP contribution in [0.15, 0.2) is 36.7 Å². The molecule has 0 saturated heterocycles. The van der Waals surface area contributed by atoms with Crippen molar-refractivity contribution in [2.75, 3.05) is 11.9 Å². The molecular weight excluding hydrogens is 404 g/mol. The largest absolute Gasteiger partial charge is 0.465 e. The molecule has 1 aromatic carbocycles. The number of carboxylic acid groups (broad SMARTS) is 1. The van der Waals surface area contributed by atoms with Gasteiger partial charge in [-0.15, -0.1) is 0 Å². The minimum atomic E-state index is -0.877. The van der Waals surface area contributed by atoms with Gasteiger partial charge in [-0.05, 0) is 43.5 Å². The second-order valence-electron chi connectivity index (χ2n) is 8.74. The molecule has 8 heteroatoms. The summed E-state index contributed by atoms with van der Waals surface area (Å²) in [6.07, 6.45) is 9.36. The summed E-state index contributed by atoms with van der Waals surface area (Å²) in [6, 6.07) is 8.11. The van der Waals surface area contributed by atoms with Gasteiger partial charge in [-0.3, -0.25) is 0 Å². The first kappa shape index (κ1) is 20.5. The van der Waals surface area contributed by atoms with E-state index in [4.69, 9.17) is 9.97 Å². The van der Waals surface area contributed by atoms with E-state index >= 15 is 0 Å². The van der Waals surface area contributed by atoms with Crippen LogP contribution in [-0.2, 0) is 19.4 Å². The second kappa shape index (κ2) is 8.61. The number of amides is 1. The topological polar surface area (TPSA) is 96.2 Å². The van der Waals surface area contributed by atoms with Crippen LogP contribution in [0.1, 0.15) is 48.5 Å². The Kier molecular flexibility index (Phi) is 5.51. The van der Waals surface area contributed by atoms with Gasteiger partial charge in [0, 0.05) is 42.3 Å². The van der Waals surface area contributed by atoms with E-state index in [1.807, 2.05) is 42.0 Å². The average Bonchev–Trinajstić information content (AvgIpc) is 3.46. The van der Waals surface area contributed by atoms with E-state index in [1.54, 1.807) is 6.20 Å². The van der Waals surface area contributed by atoms with E-state index in [-0.39, 0.29) is 0 Å². The summed E-state index contributed by atoms with van der Waals surface area (Å²) >= 11 is 0. The molecule has 1 aliphatic heterocycles. The van der Waals surface area contributed by atoms with E-state index < -0.39 is 6.09 Å². The van der Waals surface area contributed by atoms with Crippen LogP contribution in [0.25, 0.3) is 5.69 Å². The van der Waals surface area contributed by atoms with Crippen LogP contribution in [0.4, 0.5) is 16.4 Å². The molecule has 1 fully saturated rings. The zero-order chi connectivity index (χ0) is 22.1. The highest BCUT2D eigenvalue weighted by atomic mass is 16.4. The summed E-state index contributed by atoms with van der Waals surface area (Å²) in [4.78, 5) is 26.9. The molecule has 1 aliphatic carbocycles. The minimum Gasteiger partial charge on any atom is -0.465 e. The molecule has 166 valence electrons. The van der Waals surface area contributed by atoms with E-state index in [0.717, 1.165) is 40.6 Å². The molecule has 0 bridgehead atoms. The molecular formula is C24H28N6O2. The van der Waals surface area contributed by atoms with E-state index in [9.17, 15) is 9.90 Å². The first-order valence-corrected chi connectivity index (χ1v) is 11.3. The minimum absolute atomic E-state index is 0.381. The fourth-order valence-corrected chi connectivity index (χ4v) is 4.84. The van der Waals surface area contributed by atoms with Crippen molar-refractivity contribution in [3.63, 3.8) is 0 Å². The van der Waals surface area contributed by atoms with Gasteiger partial charge in [-0.1, -0.05) is 25.7 Å². The number of rotatable bonds is 5. The van der Waals surface area contributed by atoms with Crippen LogP contribution in [0, 0.1) is 12.8 Å². The van der Waals surface area contributed by atoms with Crippen molar-refractivity contribution in [2.24, 2.45) is 5.92 Å². The smallest absolute Gasteiger partial charge is 0.407 e. The molecule has 0 spiro atoms. The first-order chi connectivity index (χ1) is 15.6. The lowest BCUT2D eigenvalue weighted by molar-refractivity contribution is 0.139. The Morgan fingerprint density at radius 1 is 1.19 bits per heavy atom. The number of hydrogen-bond acceptors (Lipinski definition) is 5. The van der Waals surface area contributed by atoms with Gasteiger partial charge >= 0.3 is 6.09 Å². The Morgan fingerprint density at radius 2 is 1.97 bits per heavy atom. The van der Waals surface area contributed by atoms with Crippen LogP contribution in [0.3, 0.4) is 0 Å². The number of carbonyl (C=O) groups is 1. The maximum absolute atomic E-state index is 11.5. The fraction of sp³-hybridized carbons (Fsp3) is 0.417. The van der Waals surface area contributed by atoms with Crippen molar-refractivity contribution in [2.45, 2.75) is 52.0 Å².